The highest BCUT2D eigenvalue weighted by Gasteiger charge is 2.51. The van der Waals surface area contributed by atoms with Gasteiger partial charge in [-0.3, -0.25) is 4.79 Å². The van der Waals surface area contributed by atoms with Crippen LogP contribution in [0.3, 0.4) is 0 Å². The van der Waals surface area contributed by atoms with Crippen LogP contribution in [-0.4, -0.2) is 32.7 Å². The summed E-state index contributed by atoms with van der Waals surface area (Å²) in [6.07, 6.45) is -4.80. The Morgan fingerprint density at radius 3 is 1.72 bits per heavy atom. The first kappa shape index (κ1) is 24.4. The molecule has 0 bridgehead atoms. The molecule has 0 aromatic heterocycles. The molecule has 0 aliphatic heterocycles. The van der Waals surface area contributed by atoms with Crippen LogP contribution in [0.15, 0.2) is 0 Å². The zero-order valence-corrected chi connectivity index (χ0v) is 17.4. The van der Waals surface area contributed by atoms with Gasteiger partial charge in [-0.1, -0.05) is 20.8 Å². The molecular formula is C17H32F3NO3S. The minimum absolute atomic E-state index is 0.0551. The van der Waals surface area contributed by atoms with Crippen LogP contribution in [0.1, 0.15) is 68.7 Å². The van der Waals surface area contributed by atoms with Gasteiger partial charge in [-0.05, 0) is 53.4 Å². The van der Waals surface area contributed by atoms with E-state index in [1.807, 2.05) is 0 Å². The maximum atomic E-state index is 13.7. The SMILES string of the molecule is CC(C)(C)C[C@H](C(=O)OC(C)(C)C)[C@H](N[S@@](=O)C(C)(C)C)C(F)(F)F. The molecule has 0 fully saturated rings. The fraction of sp³-hybridized carbons (Fsp3) is 0.941. The molecule has 0 saturated heterocycles. The maximum absolute atomic E-state index is 13.7. The molecule has 1 N–H and O–H groups in total. The topological polar surface area (TPSA) is 55.4 Å². The minimum Gasteiger partial charge on any atom is -0.460 e. The number of hydrogen-bond acceptors (Lipinski definition) is 3. The second-order valence-corrected chi connectivity index (χ2v) is 11.4. The molecule has 0 amide bonds. The van der Waals surface area contributed by atoms with Gasteiger partial charge >= 0.3 is 12.1 Å². The van der Waals surface area contributed by atoms with Crippen molar-refractivity contribution in [2.45, 2.75) is 91.3 Å². The number of rotatable bonds is 5. The summed E-state index contributed by atoms with van der Waals surface area (Å²) in [5, 5.41) is 0. The van der Waals surface area contributed by atoms with Crippen LogP contribution < -0.4 is 4.72 Å². The summed E-state index contributed by atoms with van der Waals surface area (Å²) in [6, 6.07) is -2.25. The molecule has 0 heterocycles. The van der Waals surface area contributed by atoms with Crippen molar-refractivity contribution >= 4 is 17.0 Å². The van der Waals surface area contributed by atoms with Crippen LogP contribution in [0.25, 0.3) is 0 Å². The predicted octanol–water partition coefficient (Wildman–Crippen LogP) is 4.36. The number of esters is 1. The molecule has 8 heteroatoms. The van der Waals surface area contributed by atoms with Gasteiger partial charge < -0.3 is 4.74 Å². The lowest BCUT2D eigenvalue weighted by molar-refractivity contribution is -0.187. The molecule has 0 rings (SSSR count). The van der Waals surface area contributed by atoms with Crippen molar-refractivity contribution in [3.8, 4) is 0 Å². The van der Waals surface area contributed by atoms with Gasteiger partial charge in [0.25, 0.3) is 0 Å². The third-order valence-electron chi connectivity index (χ3n) is 3.09. The molecule has 0 unspecified atom stereocenters. The molecular weight excluding hydrogens is 355 g/mol. The van der Waals surface area contributed by atoms with E-state index in [2.05, 4.69) is 4.72 Å². The third kappa shape index (κ3) is 9.58. The van der Waals surface area contributed by atoms with Crippen molar-refractivity contribution < 1.29 is 26.9 Å². The standard InChI is InChI=1S/C17H32F3NO3S/c1-14(2,3)10-11(13(22)24-15(4,5)6)12(17(18,19)20)21-25(23)16(7,8)9/h11-12,21H,10H2,1-9H3/t11-,12-,25-/m0/s1. The molecule has 0 saturated carbocycles. The smallest absolute Gasteiger partial charge is 0.405 e. The number of halogens is 3. The third-order valence-corrected chi connectivity index (χ3v) is 4.67. The van der Waals surface area contributed by atoms with Gasteiger partial charge in [-0.2, -0.15) is 13.2 Å². The number of hydrogen-bond donors (Lipinski definition) is 1. The average molecular weight is 388 g/mol. The average Bonchev–Trinajstić information content (AvgIpc) is 2.26. The highest BCUT2D eigenvalue weighted by Crippen LogP contribution is 2.35. The summed E-state index contributed by atoms with van der Waals surface area (Å²) >= 11 is 0. The summed E-state index contributed by atoms with van der Waals surface area (Å²) in [5.41, 5.74) is -1.46. The summed E-state index contributed by atoms with van der Waals surface area (Å²) in [5.74, 6) is -2.44. The number of carbonyl (C=O) groups is 1. The van der Waals surface area contributed by atoms with Gasteiger partial charge in [0, 0.05) is 0 Å². The van der Waals surface area contributed by atoms with Crippen molar-refractivity contribution in [1.82, 2.24) is 4.72 Å². The lowest BCUT2D eigenvalue weighted by Crippen LogP contribution is -2.55. The van der Waals surface area contributed by atoms with E-state index in [1.54, 1.807) is 62.3 Å². The molecule has 3 atom stereocenters. The van der Waals surface area contributed by atoms with Crippen LogP contribution in [0.4, 0.5) is 13.2 Å². The van der Waals surface area contributed by atoms with E-state index in [4.69, 9.17) is 4.74 Å². The molecule has 0 aromatic carbocycles. The molecule has 0 aromatic rings. The Kier molecular flexibility index (Phi) is 7.74. The van der Waals surface area contributed by atoms with Gasteiger partial charge in [-0.15, -0.1) is 0 Å². The molecule has 25 heavy (non-hydrogen) atoms. The minimum atomic E-state index is -4.74. The van der Waals surface area contributed by atoms with Crippen LogP contribution in [0.5, 0.6) is 0 Å². The van der Waals surface area contributed by atoms with Gasteiger partial charge in [0.2, 0.25) is 0 Å². The molecule has 4 nitrogen and oxygen atoms in total. The first-order valence-electron chi connectivity index (χ1n) is 8.22. The normalized spacial score (nSPS) is 17.8. The largest absolute Gasteiger partial charge is 0.460 e. The van der Waals surface area contributed by atoms with Gasteiger partial charge in [0.05, 0.1) is 21.7 Å². The summed E-state index contributed by atoms with van der Waals surface area (Å²) < 4.78 is 59.7. The molecule has 0 spiro atoms. The van der Waals surface area contributed by atoms with Crippen LogP contribution in [-0.2, 0) is 20.5 Å². The van der Waals surface area contributed by atoms with E-state index < -0.39 is 50.9 Å². The fourth-order valence-corrected chi connectivity index (χ4v) is 2.93. The van der Waals surface area contributed by atoms with E-state index in [9.17, 15) is 22.2 Å². The van der Waals surface area contributed by atoms with E-state index in [-0.39, 0.29) is 6.42 Å². The molecule has 0 aliphatic carbocycles. The second-order valence-electron chi connectivity index (χ2n) is 9.42. The molecule has 0 radical (unpaired) electrons. The number of carbonyl (C=O) groups excluding carboxylic acids is 1. The van der Waals surface area contributed by atoms with Crippen LogP contribution in [0, 0.1) is 11.3 Å². The highest BCUT2D eigenvalue weighted by atomic mass is 32.2. The van der Waals surface area contributed by atoms with E-state index in [1.165, 1.54) is 0 Å². The van der Waals surface area contributed by atoms with Gasteiger partial charge in [0.15, 0.2) is 0 Å². The van der Waals surface area contributed by atoms with Crippen LogP contribution in [0.2, 0.25) is 0 Å². The Balaban J connectivity index is 5.84. The number of ether oxygens (including phenoxy) is 1. The second kappa shape index (κ2) is 7.94. The van der Waals surface area contributed by atoms with Gasteiger partial charge in [0.1, 0.15) is 11.6 Å². The predicted molar refractivity (Wildman–Crippen MR) is 94.3 cm³/mol. The summed E-state index contributed by atoms with van der Waals surface area (Å²) in [4.78, 5) is 12.5. The van der Waals surface area contributed by atoms with E-state index in [0.29, 0.717) is 0 Å². The number of alkyl halides is 3. The first-order valence-corrected chi connectivity index (χ1v) is 9.37. The Labute approximate surface area is 151 Å². The monoisotopic (exact) mass is 387 g/mol. The zero-order chi connectivity index (χ0) is 20.4. The summed E-state index contributed by atoms with van der Waals surface area (Å²) in [7, 11) is -1.98. The Morgan fingerprint density at radius 2 is 1.44 bits per heavy atom. The van der Waals surface area contributed by atoms with Crippen molar-refractivity contribution in [1.29, 1.82) is 0 Å². The Hall–Kier alpha value is -0.630. The Bertz CT molecular complexity index is 485. The van der Waals surface area contributed by atoms with Gasteiger partial charge in [-0.25, -0.2) is 8.93 Å². The lowest BCUT2D eigenvalue weighted by atomic mass is 9.81. The van der Waals surface area contributed by atoms with E-state index >= 15 is 0 Å². The lowest BCUT2D eigenvalue weighted by Gasteiger charge is -2.35. The Morgan fingerprint density at radius 1 is 1.00 bits per heavy atom. The van der Waals surface area contributed by atoms with Crippen molar-refractivity contribution in [3.05, 3.63) is 0 Å². The zero-order valence-electron chi connectivity index (χ0n) is 16.6. The van der Waals surface area contributed by atoms with Crippen molar-refractivity contribution in [2.24, 2.45) is 11.3 Å². The summed E-state index contributed by atoms with van der Waals surface area (Å²) in [6.45, 7) is 14.7. The maximum Gasteiger partial charge on any atom is 0.405 e. The fourth-order valence-electron chi connectivity index (χ4n) is 2.04. The van der Waals surface area contributed by atoms with E-state index in [0.717, 1.165) is 0 Å². The van der Waals surface area contributed by atoms with Crippen molar-refractivity contribution in [2.75, 3.05) is 0 Å². The van der Waals surface area contributed by atoms with Crippen molar-refractivity contribution in [3.63, 3.8) is 0 Å². The molecule has 0 aliphatic rings. The highest BCUT2D eigenvalue weighted by molar-refractivity contribution is 7.84. The number of nitrogens with one attached hydrogen (secondary N) is 1. The first-order chi connectivity index (χ1) is 10.7. The quantitative estimate of drug-likeness (QED) is 0.713. The van der Waals surface area contributed by atoms with Crippen LogP contribution >= 0.6 is 0 Å². The molecule has 150 valence electrons.